The average Bonchev–Trinajstić information content (AvgIpc) is 2.50. The first-order chi connectivity index (χ1) is 9.84. The number of hydrogen-bond donors (Lipinski definition) is 1. The third-order valence-corrected chi connectivity index (χ3v) is 5.39. The first kappa shape index (κ1) is 12.8. The molecule has 98 valence electrons. The Morgan fingerprint density at radius 3 is 1.70 bits per heavy atom. The fraction of sp³-hybridized carbons (Fsp3) is 0. The summed E-state index contributed by atoms with van der Waals surface area (Å²) >= 11 is 0. The molecule has 0 aliphatic heterocycles. The lowest BCUT2D eigenvalue weighted by Gasteiger charge is -2.18. The molecule has 0 bridgehead atoms. The Morgan fingerprint density at radius 2 is 1.20 bits per heavy atom. The highest BCUT2D eigenvalue weighted by molar-refractivity contribution is 7.79. The van der Waals surface area contributed by atoms with E-state index < -0.39 is 7.92 Å². The molecule has 3 heteroatoms. The van der Waals surface area contributed by atoms with Crippen molar-refractivity contribution in [3.8, 4) is 0 Å². The quantitative estimate of drug-likeness (QED) is 0.732. The van der Waals surface area contributed by atoms with Crippen molar-refractivity contribution in [3.63, 3.8) is 0 Å². The zero-order chi connectivity index (χ0) is 13.8. The van der Waals surface area contributed by atoms with E-state index in [1.807, 2.05) is 48.5 Å². The summed E-state index contributed by atoms with van der Waals surface area (Å²) in [6.07, 6.45) is 0. The van der Waals surface area contributed by atoms with E-state index in [0.717, 1.165) is 5.44 Å². The Bertz CT molecular complexity index is 698. The van der Waals surface area contributed by atoms with Gasteiger partial charge in [-0.2, -0.15) is 0 Å². The van der Waals surface area contributed by atoms with Crippen LogP contribution in [0.25, 0.3) is 0 Å². The summed E-state index contributed by atoms with van der Waals surface area (Å²) in [6, 6.07) is 26.0. The Hall–Kier alpha value is -2.18. The van der Waals surface area contributed by atoms with Crippen molar-refractivity contribution in [2.24, 2.45) is 0 Å². The van der Waals surface area contributed by atoms with Crippen molar-refractivity contribution in [2.45, 2.75) is 0 Å². The van der Waals surface area contributed by atoms with E-state index in [0.29, 0.717) is 0 Å². The molecule has 0 unspecified atom stereocenters. The molecule has 0 amide bonds. The molecular weight excluding hydrogens is 265 g/mol. The molecule has 3 rings (SSSR count). The number of rotatable bonds is 3. The molecular formula is C17H14NOP. The topological polar surface area (TPSA) is 32.9 Å². The highest BCUT2D eigenvalue weighted by Gasteiger charge is 2.16. The first-order valence-electron chi connectivity index (χ1n) is 6.44. The molecule has 3 aromatic rings. The van der Waals surface area contributed by atoms with Crippen molar-refractivity contribution in [1.82, 2.24) is 4.98 Å². The largest absolute Gasteiger partial charge is 0.322 e. The molecule has 20 heavy (non-hydrogen) atoms. The SMILES string of the molecule is O=c1cccc(P(c2ccccc2)c2ccccc2)[nH]1. The maximum atomic E-state index is 11.6. The van der Waals surface area contributed by atoms with Crippen LogP contribution >= 0.6 is 7.92 Å². The van der Waals surface area contributed by atoms with Crippen LogP contribution in [0.5, 0.6) is 0 Å². The fourth-order valence-corrected chi connectivity index (χ4v) is 4.40. The third-order valence-electron chi connectivity index (χ3n) is 3.02. The molecule has 1 aromatic heterocycles. The van der Waals surface area contributed by atoms with Crippen LogP contribution in [0.4, 0.5) is 0 Å². The van der Waals surface area contributed by atoms with Gasteiger partial charge in [-0.05, 0) is 16.7 Å². The number of benzene rings is 2. The lowest BCUT2D eigenvalue weighted by molar-refractivity contribution is 1.29. The highest BCUT2D eigenvalue weighted by atomic mass is 31.1. The zero-order valence-electron chi connectivity index (χ0n) is 10.9. The fourth-order valence-electron chi connectivity index (χ4n) is 2.15. The van der Waals surface area contributed by atoms with Gasteiger partial charge in [0.2, 0.25) is 5.56 Å². The average molecular weight is 279 g/mol. The predicted molar refractivity (Wildman–Crippen MR) is 85.8 cm³/mol. The molecule has 1 heterocycles. The van der Waals surface area contributed by atoms with Crippen LogP contribution in [0.15, 0.2) is 83.7 Å². The van der Waals surface area contributed by atoms with Gasteiger partial charge in [0.1, 0.15) is 0 Å². The molecule has 2 nitrogen and oxygen atoms in total. The van der Waals surface area contributed by atoms with Crippen molar-refractivity contribution in [2.75, 3.05) is 0 Å². The Kier molecular flexibility index (Phi) is 3.76. The maximum absolute atomic E-state index is 11.6. The summed E-state index contributed by atoms with van der Waals surface area (Å²) in [7, 11) is -0.718. The predicted octanol–water partition coefficient (Wildman–Crippen LogP) is 2.13. The van der Waals surface area contributed by atoms with Gasteiger partial charge in [-0.1, -0.05) is 66.7 Å². The van der Waals surface area contributed by atoms with Crippen LogP contribution in [-0.2, 0) is 0 Å². The second kappa shape index (κ2) is 5.85. The van der Waals surface area contributed by atoms with Gasteiger partial charge >= 0.3 is 0 Å². The van der Waals surface area contributed by atoms with Gasteiger partial charge in [0.25, 0.3) is 0 Å². The van der Waals surface area contributed by atoms with Crippen LogP contribution in [0.3, 0.4) is 0 Å². The van der Waals surface area contributed by atoms with E-state index in [4.69, 9.17) is 0 Å². The molecule has 0 spiro atoms. The molecule has 0 saturated heterocycles. The summed E-state index contributed by atoms with van der Waals surface area (Å²) < 4.78 is 0. The van der Waals surface area contributed by atoms with Gasteiger partial charge < -0.3 is 4.98 Å². The van der Waals surface area contributed by atoms with Gasteiger partial charge in [-0.3, -0.25) is 4.79 Å². The summed E-state index contributed by atoms with van der Waals surface area (Å²) in [6.45, 7) is 0. The summed E-state index contributed by atoms with van der Waals surface area (Å²) in [5.41, 5.74) is 0.923. The number of hydrogen-bond acceptors (Lipinski definition) is 1. The third kappa shape index (κ3) is 2.71. The van der Waals surface area contributed by atoms with Gasteiger partial charge in [0.05, 0.1) is 5.44 Å². The summed E-state index contributed by atoms with van der Waals surface area (Å²) in [5.74, 6) is 0. The molecule has 0 saturated carbocycles. The van der Waals surface area contributed by atoms with Crippen molar-refractivity contribution >= 4 is 24.0 Å². The minimum absolute atomic E-state index is 0.0538. The maximum Gasteiger partial charge on any atom is 0.248 e. The van der Waals surface area contributed by atoms with Crippen LogP contribution in [0.1, 0.15) is 0 Å². The summed E-state index contributed by atoms with van der Waals surface area (Å²) in [5, 5.41) is 2.46. The second-order valence-corrected chi connectivity index (χ2v) is 6.59. The normalized spacial score (nSPS) is 10.7. The molecule has 0 aliphatic carbocycles. The van der Waals surface area contributed by atoms with Crippen LogP contribution < -0.4 is 21.6 Å². The zero-order valence-corrected chi connectivity index (χ0v) is 11.8. The monoisotopic (exact) mass is 279 g/mol. The van der Waals surface area contributed by atoms with E-state index >= 15 is 0 Å². The van der Waals surface area contributed by atoms with Gasteiger partial charge in [-0.15, -0.1) is 0 Å². The van der Waals surface area contributed by atoms with Crippen LogP contribution in [-0.4, -0.2) is 4.98 Å². The van der Waals surface area contributed by atoms with E-state index in [1.54, 1.807) is 6.07 Å². The molecule has 0 fully saturated rings. The highest BCUT2D eigenvalue weighted by Crippen LogP contribution is 2.30. The second-order valence-electron chi connectivity index (χ2n) is 4.41. The smallest absolute Gasteiger partial charge is 0.248 e. The Morgan fingerprint density at radius 1 is 0.650 bits per heavy atom. The van der Waals surface area contributed by atoms with Gasteiger partial charge in [-0.25, -0.2) is 0 Å². The van der Waals surface area contributed by atoms with Crippen LogP contribution in [0, 0.1) is 0 Å². The number of H-pyrrole nitrogens is 1. The van der Waals surface area contributed by atoms with E-state index in [1.165, 1.54) is 10.6 Å². The van der Waals surface area contributed by atoms with E-state index in [-0.39, 0.29) is 5.56 Å². The Labute approximate surface area is 118 Å². The lowest BCUT2D eigenvalue weighted by atomic mass is 10.4. The first-order valence-corrected chi connectivity index (χ1v) is 7.78. The van der Waals surface area contributed by atoms with E-state index in [2.05, 4.69) is 29.2 Å². The van der Waals surface area contributed by atoms with Crippen molar-refractivity contribution in [1.29, 1.82) is 0 Å². The van der Waals surface area contributed by atoms with Gasteiger partial charge in [0.15, 0.2) is 0 Å². The Balaban J connectivity index is 2.16. The van der Waals surface area contributed by atoms with Crippen LogP contribution in [0.2, 0.25) is 0 Å². The van der Waals surface area contributed by atoms with Gasteiger partial charge in [0, 0.05) is 14.0 Å². The number of aromatic amines is 1. The van der Waals surface area contributed by atoms with E-state index in [9.17, 15) is 4.79 Å². The number of nitrogens with one attached hydrogen (secondary N) is 1. The molecule has 1 N–H and O–H groups in total. The molecule has 0 aliphatic rings. The number of pyridine rings is 1. The minimum Gasteiger partial charge on any atom is -0.322 e. The van der Waals surface area contributed by atoms with Crippen molar-refractivity contribution < 1.29 is 0 Å². The molecule has 0 atom stereocenters. The summed E-state index contributed by atoms with van der Waals surface area (Å²) in [4.78, 5) is 14.6. The minimum atomic E-state index is -0.718. The number of aromatic nitrogens is 1. The molecule has 0 radical (unpaired) electrons. The lowest BCUT2D eigenvalue weighted by Crippen LogP contribution is -2.26. The van der Waals surface area contributed by atoms with Crippen molar-refractivity contribution in [3.05, 3.63) is 89.2 Å². The molecule has 2 aromatic carbocycles. The standard InChI is InChI=1S/C17H14NOP/c19-16-12-7-13-17(18-16)20(14-8-3-1-4-9-14)15-10-5-2-6-11-15/h1-13H,(H,18,19).